The first-order valence-corrected chi connectivity index (χ1v) is 12.4. The van der Waals surface area contributed by atoms with Gasteiger partial charge in [0.25, 0.3) is 0 Å². The van der Waals surface area contributed by atoms with Gasteiger partial charge in [0.15, 0.2) is 11.5 Å². The molecule has 33 heavy (non-hydrogen) atoms. The van der Waals surface area contributed by atoms with Crippen LogP contribution in [0.15, 0.2) is 6.33 Å². The molecule has 2 aromatic heterocycles. The number of ether oxygens (including phenoxy) is 2. The minimum Gasteiger partial charge on any atom is -0.463 e. The number of esters is 1. The van der Waals surface area contributed by atoms with Crippen molar-refractivity contribution < 1.29 is 18.7 Å². The number of carbonyl (C=O) groups is 1. The molecule has 0 radical (unpaired) electrons. The van der Waals surface area contributed by atoms with Gasteiger partial charge in [-0.3, -0.25) is 4.79 Å². The lowest BCUT2D eigenvalue weighted by molar-refractivity contribution is -0.147. The molecule has 0 aliphatic heterocycles. The Morgan fingerprint density at radius 1 is 1.06 bits per heavy atom. The lowest BCUT2D eigenvalue weighted by atomic mass is 10.1. The first-order chi connectivity index (χ1) is 16.0. The third-order valence-corrected chi connectivity index (χ3v) is 5.90. The molecular weight excluding hydrogens is 425 g/mol. The van der Waals surface area contributed by atoms with Crippen molar-refractivity contribution in [3.8, 4) is 0 Å². The van der Waals surface area contributed by atoms with Crippen molar-refractivity contribution in [1.82, 2.24) is 19.5 Å². The number of anilines is 1. The molecule has 0 aliphatic rings. The molecule has 2 N–H and O–H groups in total. The van der Waals surface area contributed by atoms with Crippen molar-refractivity contribution in [2.75, 3.05) is 19.5 Å². The molecule has 2 aromatic rings. The lowest BCUT2D eigenvalue weighted by Crippen LogP contribution is -2.22. The Bertz CT molecular complexity index is 830. The van der Waals surface area contributed by atoms with E-state index in [1.54, 1.807) is 18.0 Å². The molecule has 186 valence electrons. The van der Waals surface area contributed by atoms with Gasteiger partial charge < -0.3 is 19.8 Å². The van der Waals surface area contributed by atoms with Crippen LogP contribution in [0.5, 0.6) is 0 Å². The normalized spacial score (nSPS) is 12.3. The van der Waals surface area contributed by atoms with Crippen molar-refractivity contribution in [1.29, 1.82) is 0 Å². The number of methoxy groups -OCH3 is 1. The summed E-state index contributed by atoms with van der Waals surface area (Å²) in [7, 11) is 1.58. The highest BCUT2D eigenvalue weighted by molar-refractivity contribution is 5.81. The topological polar surface area (TPSA) is 105 Å². The third kappa shape index (κ3) is 10.0. The van der Waals surface area contributed by atoms with Crippen molar-refractivity contribution in [2.24, 2.45) is 0 Å². The fraction of sp³-hybridized carbons (Fsp3) is 0.750. The molecule has 0 aliphatic carbocycles. The maximum absolute atomic E-state index is 13.5. The Morgan fingerprint density at radius 3 is 2.33 bits per heavy atom. The second kappa shape index (κ2) is 15.5. The van der Waals surface area contributed by atoms with Crippen LogP contribution >= 0.6 is 0 Å². The number of carbonyl (C=O) groups excluding carboxylic acids is 1. The predicted molar refractivity (Wildman–Crippen MR) is 127 cm³/mol. The van der Waals surface area contributed by atoms with Crippen molar-refractivity contribution in [2.45, 2.75) is 103 Å². The summed E-state index contributed by atoms with van der Waals surface area (Å²) in [4.78, 5) is 23.4. The SMILES string of the molecule is CCCCCCCCCCCCCC(=O)OCC(CCn1cnc2c(N)nc(F)nc21)OC. The van der Waals surface area contributed by atoms with Crippen LogP contribution in [0.2, 0.25) is 0 Å². The van der Waals surface area contributed by atoms with E-state index in [1.165, 1.54) is 57.8 Å². The molecule has 9 heteroatoms. The summed E-state index contributed by atoms with van der Waals surface area (Å²) in [5.41, 5.74) is 6.39. The van der Waals surface area contributed by atoms with E-state index in [9.17, 15) is 9.18 Å². The highest BCUT2D eigenvalue weighted by Crippen LogP contribution is 2.17. The molecule has 8 nitrogen and oxygen atoms in total. The van der Waals surface area contributed by atoms with Gasteiger partial charge in [0.1, 0.15) is 12.1 Å². The summed E-state index contributed by atoms with van der Waals surface area (Å²) >= 11 is 0. The monoisotopic (exact) mass is 465 g/mol. The molecule has 2 rings (SSSR count). The van der Waals surface area contributed by atoms with Crippen LogP contribution in [0.3, 0.4) is 0 Å². The van der Waals surface area contributed by atoms with Crippen LogP contribution in [0.25, 0.3) is 11.2 Å². The molecule has 0 aromatic carbocycles. The molecule has 1 unspecified atom stereocenters. The highest BCUT2D eigenvalue weighted by atomic mass is 19.1. The molecule has 0 bridgehead atoms. The molecule has 0 spiro atoms. The van der Waals surface area contributed by atoms with E-state index >= 15 is 0 Å². The highest BCUT2D eigenvalue weighted by Gasteiger charge is 2.15. The molecular formula is C24H40FN5O3. The molecule has 0 saturated heterocycles. The number of rotatable bonds is 18. The second-order valence-corrected chi connectivity index (χ2v) is 8.60. The number of aryl methyl sites for hydroxylation is 1. The fourth-order valence-electron chi connectivity index (χ4n) is 3.85. The van der Waals surface area contributed by atoms with Crippen LogP contribution in [-0.2, 0) is 20.8 Å². The van der Waals surface area contributed by atoms with Gasteiger partial charge in [0.2, 0.25) is 0 Å². The summed E-state index contributed by atoms with van der Waals surface area (Å²) < 4.78 is 26.0. The number of halogens is 1. The molecule has 0 fully saturated rings. The van der Waals surface area contributed by atoms with Crippen molar-refractivity contribution >= 4 is 23.0 Å². The van der Waals surface area contributed by atoms with Crippen molar-refractivity contribution in [3.05, 3.63) is 12.4 Å². The van der Waals surface area contributed by atoms with Gasteiger partial charge in [0.05, 0.1) is 12.4 Å². The zero-order valence-corrected chi connectivity index (χ0v) is 20.2. The molecule has 2 heterocycles. The Hall–Kier alpha value is -2.29. The summed E-state index contributed by atoms with van der Waals surface area (Å²) in [5, 5.41) is 0. The summed E-state index contributed by atoms with van der Waals surface area (Å²) in [6.07, 6.45) is 15.1. The largest absolute Gasteiger partial charge is 0.463 e. The summed E-state index contributed by atoms with van der Waals surface area (Å²) in [5.74, 6) is -0.181. The number of hydrogen-bond donors (Lipinski definition) is 1. The van der Waals surface area contributed by atoms with Gasteiger partial charge >= 0.3 is 12.0 Å². The zero-order valence-electron chi connectivity index (χ0n) is 20.2. The lowest BCUT2D eigenvalue weighted by Gasteiger charge is -2.16. The van der Waals surface area contributed by atoms with Crippen LogP contribution in [0, 0.1) is 6.08 Å². The number of fused-ring (bicyclic) bond motifs is 1. The van der Waals surface area contributed by atoms with Gasteiger partial charge in [-0.25, -0.2) is 4.98 Å². The number of nitrogens with zero attached hydrogens (tertiary/aromatic N) is 4. The molecule has 0 amide bonds. The number of nitrogen functional groups attached to an aromatic ring is 1. The average Bonchev–Trinajstić information content (AvgIpc) is 3.20. The van der Waals surface area contributed by atoms with Gasteiger partial charge in [-0.15, -0.1) is 0 Å². The zero-order chi connectivity index (χ0) is 23.9. The average molecular weight is 466 g/mol. The van der Waals surface area contributed by atoms with Crippen molar-refractivity contribution in [3.63, 3.8) is 0 Å². The minimum absolute atomic E-state index is 0.0101. The molecule has 0 saturated carbocycles. The number of nitrogens with two attached hydrogens (primary N) is 1. The smallest absolute Gasteiger partial charge is 0.312 e. The van der Waals surface area contributed by atoms with E-state index in [2.05, 4.69) is 21.9 Å². The van der Waals surface area contributed by atoms with Crippen LogP contribution in [0.4, 0.5) is 10.2 Å². The fourth-order valence-corrected chi connectivity index (χ4v) is 3.85. The van der Waals surface area contributed by atoms with Crippen LogP contribution in [-0.4, -0.2) is 45.3 Å². The van der Waals surface area contributed by atoms with Gasteiger partial charge in [0, 0.05) is 20.1 Å². The van der Waals surface area contributed by atoms with E-state index in [4.69, 9.17) is 15.2 Å². The predicted octanol–water partition coefficient (Wildman–Crippen LogP) is 5.20. The van der Waals surface area contributed by atoms with E-state index < -0.39 is 6.08 Å². The maximum atomic E-state index is 13.5. The van der Waals surface area contributed by atoms with Crippen LogP contribution in [0.1, 0.15) is 90.4 Å². The van der Waals surface area contributed by atoms with Gasteiger partial charge in [-0.05, 0) is 12.8 Å². The Morgan fingerprint density at radius 2 is 1.70 bits per heavy atom. The number of imidazole rings is 1. The summed E-state index contributed by atoms with van der Waals surface area (Å²) in [6, 6.07) is 0. The van der Waals surface area contributed by atoms with E-state index in [1.807, 2.05) is 0 Å². The Balaban J connectivity index is 1.56. The quantitative estimate of drug-likeness (QED) is 0.183. The third-order valence-electron chi connectivity index (χ3n) is 5.90. The Kier molecular flexibility index (Phi) is 12.7. The number of unbranched alkanes of at least 4 members (excludes halogenated alkanes) is 10. The summed E-state index contributed by atoms with van der Waals surface area (Å²) in [6.45, 7) is 2.90. The standard InChI is InChI=1S/C24H40FN5O3/c1-3-4-5-6-7-8-9-10-11-12-13-14-20(31)33-17-19(32-2)15-16-30-18-27-21-22(26)28-24(25)29-23(21)30/h18-19H,3-17H2,1-2H3,(H2,26,28,29). The minimum atomic E-state index is -0.888. The molecule has 1 atom stereocenters. The first kappa shape index (κ1) is 27.0. The van der Waals surface area contributed by atoms with Gasteiger partial charge in [-0.1, -0.05) is 71.1 Å². The second-order valence-electron chi connectivity index (χ2n) is 8.60. The van der Waals surface area contributed by atoms with Gasteiger partial charge in [-0.2, -0.15) is 14.4 Å². The van der Waals surface area contributed by atoms with E-state index in [-0.39, 0.29) is 24.5 Å². The number of aromatic nitrogens is 4. The van der Waals surface area contributed by atoms with Crippen LogP contribution < -0.4 is 5.73 Å². The Labute approximate surface area is 196 Å². The van der Waals surface area contributed by atoms with E-state index in [0.29, 0.717) is 30.6 Å². The first-order valence-electron chi connectivity index (χ1n) is 12.4. The van der Waals surface area contributed by atoms with E-state index in [0.717, 1.165) is 12.8 Å². The maximum Gasteiger partial charge on any atom is 0.312 e. The number of hydrogen-bond acceptors (Lipinski definition) is 7.